The number of ether oxygens (including phenoxy) is 1. The lowest BCUT2D eigenvalue weighted by atomic mass is 10.1. The van der Waals surface area contributed by atoms with Gasteiger partial charge in [0.25, 0.3) is 0 Å². The van der Waals surface area contributed by atoms with Crippen molar-refractivity contribution in [1.82, 2.24) is 4.98 Å². The fraction of sp³-hybridized carbons (Fsp3) is 0.316. The average Bonchev–Trinajstić information content (AvgIpc) is 3.46. The summed E-state index contributed by atoms with van der Waals surface area (Å²) in [5, 5.41) is 5.31. The Kier molecular flexibility index (Phi) is 5.81. The molecule has 148 valence electrons. The second-order valence-electron chi connectivity index (χ2n) is 6.40. The van der Waals surface area contributed by atoms with E-state index in [-0.39, 0.29) is 41.9 Å². The Morgan fingerprint density at radius 2 is 1.86 bits per heavy atom. The molecule has 2 amide bonds. The molecule has 2 N–H and O–H groups in total. The van der Waals surface area contributed by atoms with Gasteiger partial charge in [0, 0.05) is 12.3 Å². The predicted octanol–water partition coefficient (Wildman–Crippen LogP) is 3.90. The number of anilines is 2. The highest BCUT2D eigenvalue weighted by atomic mass is 19.4. The Morgan fingerprint density at radius 3 is 2.50 bits per heavy atom. The van der Waals surface area contributed by atoms with Crippen molar-refractivity contribution >= 4 is 23.3 Å². The van der Waals surface area contributed by atoms with Gasteiger partial charge in [0.1, 0.15) is 11.6 Å². The first-order valence-electron chi connectivity index (χ1n) is 8.70. The van der Waals surface area contributed by atoms with Crippen LogP contribution < -0.4 is 15.4 Å². The van der Waals surface area contributed by atoms with Crippen LogP contribution in [-0.4, -0.2) is 23.2 Å². The van der Waals surface area contributed by atoms with Gasteiger partial charge in [-0.1, -0.05) is 18.2 Å². The van der Waals surface area contributed by atoms with Crippen molar-refractivity contribution < 1.29 is 27.5 Å². The van der Waals surface area contributed by atoms with Crippen molar-refractivity contribution in [2.45, 2.75) is 32.0 Å². The van der Waals surface area contributed by atoms with Crippen molar-refractivity contribution in [2.24, 2.45) is 5.92 Å². The number of nitrogens with zero attached hydrogens (tertiary/aromatic N) is 1. The number of benzene rings is 1. The van der Waals surface area contributed by atoms with Gasteiger partial charge >= 0.3 is 6.36 Å². The number of hydrogen-bond acceptors (Lipinski definition) is 4. The van der Waals surface area contributed by atoms with Crippen LogP contribution in [0.1, 0.15) is 24.8 Å². The van der Waals surface area contributed by atoms with E-state index >= 15 is 0 Å². The van der Waals surface area contributed by atoms with Gasteiger partial charge in [-0.25, -0.2) is 4.98 Å². The number of rotatable bonds is 7. The smallest absolute Gasteiger partial charge is 0.406 e. The molecular weight excluding hydrogens is 375 g/mol. The first-order chi connectivity index (χ1) is 13.3. The van der Waals surface area contributed by atoms with Crippen molar-refractivity contribution in [1.29, 1.82) is 0 Å². The third-order valence-corrected chi connectivity index (χ3v) is 4.07. The minimum absolute atomic E-state index is 0.0294. The van der Waals surface area contributed by atoms with Crippen molar-refractivity contribution in [3.8, 4) is 5.75 Å². The van der Waals surface area contributed by atoms with Gasteiger partial charge in [0.15, 0.2) is 0 Å². The van der Waals surface area contributed by atoms with E-state index in [0.717, 1.165) is 12.8 Å². The second-order valence-corrected chi connectivity index (χ2v) is 6.40. The number of carbonyl (C=O) groups is 2. The average molecular weight is 393 g/mol. The van der Waals surface area contributed by atoms with E-state index < -0.39 is 6.36 Å². The molecule has 1 heterocycles. The van der Waals surface area contributed by atoms with Gasteiger partial charge in [-0.2, -0.15) is 0 Å². The molecular formula is C19H18F3N3O3. The minimum atomic E-state index is -4.79. The summed E-state index contributed by atoms with van der Waals surface area (Å²) in [7, 11) is 0. The van der Waals surface area contributed by atoms with E-state index in [4.69, 9.17) is 0 Å². The van der Waals surface area contributed by atoms with Crippen molar-refractivity contribution in [2.75, 3.05) is 10.6 Å². The summed E-state index contributed by atoms with van der Waals surface area (Å²) in [4.78, 5) is 27.8. The third kappa shape index (κ3) is 5.97. The van der Waals surface area contributed by atoms with Gasteiger partial charge in [-0.05, 0) is 43.0 Å². The number of carbonyl (C=O) groups excluding carboxylic acids is 2. The first kappa shape index (κ1) is 19.7. The number of pyridine rings is 1. The largest absolute Gasteiger partial charge is 0.573 e. The molecule has 1 saturated carbocycles. The molecule has 1 aromatic heterocycles. The number of amides is 2. The highest BCUT2D eigenvalue weighted by Gasteiger charge is 2.32. The van der Waals surface area contributed by atoms with E-state index in [1.807, 2.05) is 0 Å². The molecule has 1 fully saturated rings. The highest BCUT2D eigenvalue weighted by Crippen LogP contribution is 2.30. The molecule has 0 aliphatic heterocycles. The first-order valence-corrected chi connectivity index (χ1v) is 8.70. The summed E-state index contributed by atoms with van der Waals surface area (Å²) >= 11 is 0. The zero-order valence-electron chi connectivity index (χ0n) is 14.8. The topological polar surface area (TPSA) is 80.3 Å². The van der Waals surface area contributed by atoms with Crippen LogP contribution in [0.3, 0.4) is 0 Å². The Balaban J connectivity index is 1.51. The Labute approximate surface area is 159 Å². The SMILES string of the molecule is O=C(CCc1ccccc1OC(F)(F)F)Nc1ccc(NC(=O)C2CC2)nc1. The second kappa shape index (κ2) is 8.28. The fourth-order valence-corrected chi connectivity index (χ4v) is 2.52. The van der Waals surface area contributed by atoms with Gasteiger partial charge in [-0.15, -0.1) is 13.2 Å². The number of hydrogen-bond donors (Lipinski definition) is 2. The van der Waals surface area contributed by atoms with Crippen LogP contribution in [-0.2, 0) is 16.0 Å². The summed E-state index contributed by atoms with van der Waals surface area (Å²) in [6.07, 6.45) is -1.56. The molecule has 2 aromatic rings. The maximum Gasteiger partial charge on any atom is 0.573 e. The zero-order valence-corrected chi connectivity index (χ0v) is 14.8. The van der Waals surface area contributed by atoms with Crippen LogP contribution in [0.15, 0.2) is 42.6 Å². The normalized spacial score (nSPS) is 13.7. The summed E-state index contributed by atoms with van der Waals surface area (Å²) in [5.74, 6) is -0.305. The molecule has 6 nitrogen and oxygen atoms in total. The summed E-state index contributed by atoms with van der Waals surface area (Å²) in [6.45, 7) is 0. The van der Waals surface area contributed by atoms with Crippen LogP contribution in [0, 0.1) is 5.92 Å². The Morgan fingerprint density at radius 1 is 1.11 bits per heavy atom. The molecule has 1 aromatic carbocycles. The molecule has 1 aliphatic rings. The molecule has 0 unspecified atom stereocenters. The summed E-state index contributed by atoms with van der Waals surface area (Å²) in [5.41, 5.74) is 0.709. The fourth-order valence-electron chi connectivity index (χ4n) is 2.52. The van der Waals surface area contributed by atoms with E-state index in [1.165, 1.54) is 24.4 Å². The van der Waals surface area contributed by atoms with Gasteiger partial charge in [0.05, 0.1) is 11.9 Å². The van der Waals surface area contributed by atoms with Crippen molar-refractivity contribution in [3.05, 3.63) is 48.2 Å². The molecule has 0 bridgehead atoms. The quantitative estimate of drug-likeness (QED) is 0.748. The van der Waals surface area contributed by atoms with E-state index in [9.17, 15) is 22.8 Å². The van der Waals surface area contributed by atoms with Gasteiger partial charge in [-0.3, -0.25) is 9.59 Å². The van der Waals surface area contributed by atoms with Gasteiger partial charge in [0.2, 0.25) is 11.8 Å². The maximum atomic E-state index is 12.4. The molecule has 9 heteroatoms. The van der Waals surface area contributed by atoms with Crippen LogP contribution in [0.2, 0.25) is 0 Å². The predicted molar refractivity (Wildman–Crippen MR) is 95.7 cm³/mol. The number of nitrogens with one attached hydrogen (secondary N) is 2. The number of para-hydroxylation sites is 1. The van der Waals surface area contributed by atoms with Crippen LogP contribution in [0.5, 0.6) is 5.75 Å². The monoisotopic (exact) mass is 393 g/mol. The highest BCUT2D eigenvalue weighted by molar-refractivity contribution is 5.94. The number of aromatic nitrogens is 1. The van der Waals surface area contributed by atoms with E-state index in [2.05, 4.69) is 20.4 Å². The summed E-state index contributed by atoms with van der Waals surface area (Å²) < 4.78 is 41.3. The van der Waals surface area contributed by atoms with Crippen LogP contribution >= 0.6 is 0 Å². The van der Waals surface area contributed by atoms with Crippen LogP contribution in [0.25, 0.3) is 0 Å². The molecule has 1 aliphatic carbocycles. The molecule has 0 spiro atoms. The lowest BCUT2D eigenvalue weighted by Crippen LogP contribution is -2.18. The van der Waals surface area contributed by atoms with E-state index in [0.29, 0.717) is 11.5 Å². The van der Waals surface area contributed by atoms with Gasteiger partial charge < -0.3 is 15.4 Å². The molecule has 0 radical (unpaired) electrons. The lowest BCUT2D eigenvalue weighted by molar-refractivity contribution is -0.274. The maximum absolute atomic E-state index is 12.4. The third-order valence-electron chi connectivity index (χ3n) is 4.07. The van der Waals surface area contributed by atoms with Crippen molar-refractivity contribution in [3.63, 3.8) is 0 Å². The lowest BCUT2D eigenvalue weighted by Gasteiger charge is -2.13. The molecule has 0 atom stereocenters. The standard InChI is InChI=1S/C19H18F3N3O3/c20-19(21,22)28-15-4-2-1-3-12(15)7-10-17(26)24-14-8-9-16(23-11-14)25-18(27)13-5-6-13/h1-4,8-9,11,13H,5-7,10H2,(H,24,26)(H,23,25,27). The minimum Gasteiger partial charge on any atom is -0.406 e. The zero-order chi connectivity index (χ0) is 20.1. The van der Waals surface area contributed by atoms with E-state index in [1.54, 1.807) is 18.2 Å². The van der Waals surface area contributed by atoms with Crippen LogP contribution in [0.4, 0.5) is 24.7 Å². The Hall–Kier alpha value is -3.10. The summed E-state index contributed by atoms with van der Waals surface area (Å²) in [6, 6.07) is 8.86. The number of halogens is 3. The molecule has 3 rings (SSSR count). The molecule has 0 saturated heterocycles. The number of aryl methyl sites for hydroxylation is 1. The Bertz CT molecular complexity index is 849. The number of alkyl halides is 3. The molecule has 28 heavy (non-hydrogen) atoms.